The van der Waals surface area contributed by atoms with Crippen LogP contribution >= 0.6 is 0 Å². The minimum atomic E-state index is 0.307. The lowest BCUT2D eigenvalue weighted by Crippen LogP contribution is -2.28. The molecule has 0 unspecified atom stereocenters. The zero-order chi connectivity index (χ0) is 30.2. The van der Waals surface area contributed by atoms with E-state index in [4.69, 9.17) is 0 Å². The molecule has 4 aliphatic rings. The largest absolute Gasteiger partial charge is 0.371 e. The standard InChI is InChI=1S/C40H50N2O/c1-5-32(34-16-18-35(19-17-34)33-11-7-6-10-31(14-15-33)26-29(2)3)27-38-30(4)28-41-23-22-39(38)42-24-8-12-36(13-9-25-42)40(43)37-20-21-37/h5,7,11-12,16-19,22-23,26-27,29,33,37H,4,6,8-10,13-15,20-21,24-25,28H2,1-3H3/b11-7+,31-26+,32-5+,36-12-,38-27+/t33-/m0/s1. The molecule has 0 aromatic heterocycles. The highest BCUT2D eigenvalue weighted by atomic mass is 16.1. The second-order valence-corrected chi connectivity index (χ2v) is 13.0. The lowest BCUT2D eigenvalue weighted by atomic mass is 9.86. The fraction of sp³-hybridized carbons (Fsp3) is 0.450. The van der Waals surface area contributed by atoms with Crippen molar-refractivity contribution < 1.29 is 4.79 Å². The van der Waals surface area contributed by atoms with Crippen molar-refractivity contribution in [3.05, 3.63) is 112 Å². The summed E-state index contributed by atoms with van der Waals surface area (Å²) in [5.41, 5.74) is 9.92. The van der Waals surface area contributed by atoms with Gasteiger partial charge < -0.3 is 4.90 Å². The Kier molecular flexibility index (Phi) is 10.7. The summed E-state index contributed by atoms with van der Waals surface area (Å²) in [7, 11) is 0. The first-order chi connectivity index (χ1) is 20.9. The lowest BCUT2D eigenvalue weighted by Gasteiger charge is -2.30. The number of hydrogen-bond acceptors (Lipinski definition) is 3. The number of Topliss-reactive ketones (excluding diaryl/α,β-unsaturated/α-hetero) is 1. The highest BCUT2D eigenvalue weighted by Crippen LogP contribution is 2.35. The van der Waals surface area contributed by atoms with Crippen LogP contribution in [-0.4, -0.2) is 36.5 Å². The molecule has 0 saturated heterocycles. The number of ketones is 1. The number of carbonyl (C=O) groups is 1. The molecule has 2 aliphatic heterocycles. The Morgan fingerprint density at radius 2 is 1.86 bits per heavy atom. The van der Waals surface area contributed by atoms with Gasteiger partial charge in [-0.3, -0.25) is 9.79 Å². The van der Waals surface area contributed by atoms with E-state index in [9.17, 15) is 4.79 Å². The lowest BCUT2D eigenvalue weighted by molar-refractivity contribution is -0.116. The molecule has 1 saturated carbocycles. The summed E-state index contributed by atoms with van der Waals surface area (Å²) in [6, 6.07) is 9.23. The van der Waals surface area contributed by atoms with Crippen molar-refractivity contribution in [1.82, 2.24) is 4.90 Å². The summed E-state index contributed by atoms with van der Waals surface area (Å²) in [6.07, 6.45) is 27.7. The van der Waals surface area contributed by atoms with Crippen LogP contribution in [0, 0.1) is 11.8 Å². The average Bonchev–Trinajstić information content (AvgIpc) is 3.83. The second kappa shape index (κ2) is 14.8. The second-order valence-electron chi connectivity index (χ2n) is 13.0. The fourth-order valence-electron chi connectivity index (χ4n) is 6.65. The number of rotatable bonds is 7. The summed E-state index contributed by atoms with van der Waals surface area (Å²) in [5.74, 6) is 1.80. The van der Waals surface area contributed by atoms with Crippen molar-refractivity contribution >= 4 is 17.6 Å². The Balaban J connectivity index is 1.33. The van der Waals surface area contributed by atoms with Gasteiger partial charge in [-0.15, -0.1) is 0 Å². The summed E-state index contributed by atoms with van der Waals surface area (Å²) in [5, 5.41) is 0. The van der Waals surface area contributed by atoms with E-state index in [-0.39, 0.29) is 0 Å². The SMILES string of the molecule is C=C1CN=CC=C(N2CC/C=C(\C(=O)C3CC3)CCC2)/C1=C/C(=C\C)c1ccc([C@H]2/C=C/CC/C(=C\C(C)C)CC2)cc1. The molecule has 1 aromatic rings. The smallest absolute Gasteiger partial charge is 0.161 e. The number of allylic oxidation sites excluding steroid dienone is 10. The van der Waals surface area contributed by atoms with E-state index >= 15 is 0 Å². The molecule has 3 heteroatoms. The molecular formula is C40H50N2O. The van der Waals surface area contributed by atoms with Crippen LogP contribution < -0.4 is 0 Å². The van der Waals surface area contributed by atoms with Crippen molar-refractivity contribution in [2.75, 3.05) is 19.6 Å². The zero-order valence-corrected chi connectivity index (χ0v) is 26.7. The van der Waals surface area contributed by atoms with Crippen LogP contribution in [0.3, 0.4) is 0 Å². The molecule has 1 atom stereocenters. The van der Waals surface area contributed by atoms with E-state index < -0.39 is 0 Å². The predicted molar refractivity (Wildman–Crippen MR) is 183 cm³/mol. The molecule has 0 spiro atoms. The first-order valence-electron chi connectivity index (χ1n) is 16.6. The van der Waals surface area contributed by atoms with Crippen LogP contribution in [0.4, 0.5) is 0 Å². The summed E-state index contributed by atoms with van der Waals surface area (Å²) >= 11 is 0. The topological polar surface area (TPSA) is 32.7 Å². The number of carbonyl (C=O) groups excluding carboxylic acids is 1. The molecular weight excluding hydrogens is 524 g/mol. The molecule has 226 valence electrons. The van der Waals surface area contributed by atoms with E-state index in [1.807, 2.05) is 6.21 Å². The van der Waals surface area contributed by atoms with E-state index in [1.165, 1.54) is 47.2 Å². The van der Waals surface area contributed by atoms with Gasteiger partial charge in [0.15, 0.2) is 5.78 Å². The van der Waals surface area contributed by atoms with E-state index in [0.717, 1.165) is 62.8 Å². The normalized spacial score (nSPS) is 26.2. The van der Waals surface area contributed by atoms with Gasteiger partial charge in [-0.2, -0.15) is 0 Å². The van der Waals surface area contributed by atoms with Gasteiger partial charge in [-0.25, -0.2) is 0 Å². The third-order valence-corrected chi connectivity index (χ3v) is 9.18. The van der Waals surface area contributed by atoms with Crippen molar-refractivity contribution in [1.29, 1.82) is 0 Å². The monoisotopic (exact) mass is 574 g/mol. The van der Waals surface area contributed by atoms with Gasteiger partial charge in [-0.05, 0) is 111 Å². The summed E-state index contributed by atoms with van der Waals surface area (Å²) in [6.45, 7) is 13.6. The molecule has 0 radical (unpaired) electrons. The van der Waals surface area contributed by atoms with Crippen molar-refractivity contribution in [3.8, 4) is 0 Å². The third-order valence-electron chi connectivity index (χ3n) is 9.18. The molecule has 5 rings (SSSR count). The van der Waals surface area contributed by atoms with E-state index in [1.54, 1.807) is 5.57 Å². The Bertz CT molecular complexity index is 1390. The van der Waals surface area contributed by atoms with Crippen LogP contribution in [0.1, 0.15) is 95.6 Å². The van der Waals surface area contributed by atoms with Gasteiger partial charge in [0, 0.05) is 42.4 Å². The van der Waals surface area contributed by atoms with Gasteiger partial charge in [-0.1, -0.05) is 80.6 Å². The Labute approximate surface area is 260 Å². The molecule has 3 nitrogen and oxygen atoms in total. The Morgan fingerprint density at radius 1 is 1.05 bits per heavy atom. The van der Waals surface area contributed by atoms with Crippen LogP contribution in [0.25, 0.3) is 5.57 Å². The predicted octanol–water partition coefficient (Wildman–Crippen LogP) is 9.73. The maximum atomic E-state index is 12.7. The van der Waals surface area contributed by atoms with Crippen LogP contribution in [0.15, 0.2) is 106 Å². The fourth-order valence-corrected chi connectivity index (χ4v) is 6.65. The van der Waals surface area contributed by atoms with Crippen LogP contribution in [0.5, 0.6) is 0 Å². The number of nitrogens with zero attached hydrogens (tertiary/aromatic N) is 2. The van der Waals surface area contributed by atoms with Crippen molar-refractivity contribution in [2.24, 2.45) is 16.8 Å². The van der Waals surface area contributed by atoms with Gasteiger partial charge in [0.2, 0.25) is 0 Å². The highest BCUT2D eigenvalue weighted by molar-refractivity contribution is 5.98. The molecule has 43 heavy (non-hydrogen) atoms. The molecule has 1 aromatic carbocycles. The number of hydrogen-bond donors (Lipinski definition) is 0. The zero-order valence-electron chi connectivity index (χ0n) is 26.7. The number of aliphatic imine (C=N–C) groups is 1. The molecule has 2 heterocycles. The van der Waals surface area contributed by atoms with Gasteiger partial charge >= 0.3 is 0 Å². The van der Waals surface area contributed by atoms with Gasteiger partial charge in [0.1, 0.15) is 0 Å². The van der Waals surface area contributed by atoms with Gasteiger partial charge in [0.05, 0.1) is 6.54 Å². The Hall–Kier alpha value is -3.46. The molecule has 2 aliphatic carbocycles. The van der Waals surface area contributed by atoms with Gasteiger partial charge in [0.25, 0.3) is 0 Å². The Morgan fingerprint density at radius 3 is 2.60 bits per heavy atom. The molecule has 0 N–H and O–H groups in total. The third kappa shape index (κ3) is 8.34. The quantitative estimate of drug-likeness (QED) is 0.304. The first-order valence-corrected chi connectivity index (χ1v) is 16.6. The van der Waals surface area contributed by atoms with Crippen molar-refractivity contribution in [3.63, 3.8) is 0 Å². The maximum absolute atomic E-state index is 12.7. The molecule has 0 bridgehead atoms. The number of benzene rings is 1. The molecule has 1 fully saturated rings. The summed E-state index contributed by atoms with van der Waals surface area (Å²) in [4.78, 5) is 19.8. The summed E-state index contributed by atoms with van der Waals surface area (Å²) < 4.78 is 0. The van der Waals surface area contributed by atoms with E-state index in [0.29, 0.717) is 30.1 Å². The minimum Gasteiger partial charge on any atom is -0.371 e. The minimum absolute atomic E-state index is 0.307. The maximum Gasteiger partial charge on any atom is 0.161 e. The van der Waals surface area contributed by atoms with Crippen LogP contribution in [0.2, 0.25) is 0 Å². The van der Waals surface area contributed by atoms with E-state index in [2.05, 4.69) is 104 Å². The first kappa shape index (κ1) is 31.0. The molecule has 0 amide bonds. The highest BCUT2D eigenvalue weighted by Gasteiger charge is 2.31. The average molecular weight is 575 g/mol. The van der Waals surface area contributed by atoms with Crippen molar-refractivity contribution in [2.45, 2.75) is 84.5 Å². The van der Waals surface area contributed by atoms with Crippen LogP contribution in [-0.2, 0) is 4.79 Å².